The quantitative estimate of drug-likeness (QED) is 0.701. The van der Waals surface area contributed by atoms with Gasteiger partial charge in [-0.1, -0.05) is 17.7 Å². The third-order valence-electron chi connectivity index (χ3n) is 3.28. The Balaban J connectivity index is 1.58. The molecule has 1 N–H and O–H groups in total. The summed E-state index contributed by atoms with van der Waals surface area (Å²) in [5.41, 5.74) is 3.33. The molecule has 0 atom stereocenters. The normalized spacial score (nSPS) is 10.5. The molecule has 6 heteroatoms. The summed E-state index contributed by atoms with van der Waals surface area (Å²) in [6, 6.07) is 9.66. The standard InChI is InChI=1S/C17H16N2O3S/c1-11-3-5-13(6-4-11)18-17-19-14(10-23-17)9-22-16(20)15-7-8-21-12(15)2/h3-8,10H,9H2,1-2H3,(H,18,19). The molecule has 0 radical (unpaired) electrons. The molecule has 118 valence electrons. The van der Waals surface area contributed by atoms with Crippen molar-refractivity contribution in [3.63, 3.8) is 0 Å². The second-order valence-corrected chi connectivity index (χ2v) is 5.96. The van der Waals surface area contributed by atoms with E-state index in [4.69, 9.17) is 9.15 Å². The number of carbonyl (C=O) groups is 1. The summed E-state index contributed by atoms with van der Waals surface area (Å²) in [5, 5.41) is 5.86. The van der Waals surface area contributed by atoms with Crippen LogP contribution in [0.15, 0.2) is 46.4 Å². The highest BCUT2D eigenvalue weighted by Crippen LogP contribution is 2.22. The number of benzene rings is 1. The maximum Gasteiger partial charge on any atom is 0.342 e. The minimum atomic E-state index is -0.405. The molecule has 0 aliphatic rings. The number of anilines is 2. The van der Waals surface area contributed by atoms with E-state index in [9.17, 15) is 4.79 Å². The molecular formula is C17H16N2O3S. The summed E-state index contributed by atoms with van der Waals surface area (Å²) in [4.78, 5) is 16.3. The highest BCUT2D eigenvalue weighted by atomic mass is 32.1. The number of nitrogens with one attached hydrogen (secondary N) is 1. The Kier molecular flexibility index (Phi) is 4.43. The molecule has 5 nitrogen and oxygen atoms in total. The largest absolute Gasteiger partial charge is 0.469 e. The van der Waals surface area contributed by atoms with Crippen LogP contribution in [0.25, 0.3) is 0 Å². The predicted octanol–water partition coefficient (Wildman–Crippen LogP) is 4.45. The van der Waals surface area contributed by atoms with Crippen LogP contribution in [0.3, 0.4) is 0 Å². The van der Waals surface area contributed by atoms with Gasteiger partial charge in [-0.15, -0.1) is 11.3 Å². The van der Waals surface area contributed by atoms with Crippen LogP contribution in [-0.2, 0) is 11.3 Å². The van der Waals surface area contributed by atoms with Crippen molar-refractivity contribution < 1.29 is 13.9 Å². The van der Waals surface area contributed by atoms with Crippen LogP contribution in [0.5, 0.6) is 0 Å². The van der Waals surface area contributed by atoms with Gasteiger partial charge < -0.3 is 14.5 Å². The SMILES string of the molecule is Cc1ccc(Nc2nc(COC(=O)c3ccoc3C)cs2)cc1. The fraction of sp³-hybridized carbons (Fsp3) is 0.176. The average Bonchev–Trinajstić information content (AvgIpc) is 3.16. The molecule has 2 aromatic heterocycles. The first-order valence-electron chi connectivity index (χ1n) is 7.11. The number of hydrogen-bond acceptors (Lipinski definition) is 6. The molecular weight excluding hydrogens is 312 g/mol. The lowest BCUT2D eigenvalue weighted by molar-refractivity contribution is 0.0466. The number of furan rings is 1. The molecule has 0 fully saturated rings. The van der Waals surface area contributed by atoms with Crippen LogP contribution in [-0.4, -0.2) is 11.0 Å². The van der Waals surface area contributed by atoms with Gasteiger partial charge in [-0.2, -0.15) is 0 Å². The van der Waals surface area contributed by atoms with Crippen molar-refractivity contribution in [3.05, 3.63) is 64.6 Å². The van der Waals surface area contributed by atoms with Gasteiger partial charge in [-0.3, -0.25) is 0 Å². The minimum Gasteiger partial charge on any atom is -0.469 e. The van der Waals surface area contributed by atoms with E-state index in [2.05, 4.69) is 10.3 Å². The van der Waals surface area contributed by atoms with Crippen LogP contribution < -0.4 is 5.32 Å². The molecule has 0 aliphatic carbocycles. The van der Waals surface area contributed by atoms with E-state index < -0.39 is 5.97 Å². The smallest absolute Gasteiger partial charge is 0.342 e. The van der Waals surface area contributed by atoms with E-state index in [1.165, 1.54) is 23.2 Å². The summed E-state index contributed by atoms with van der Waals surface area (Å²) in [6.07, 6.45) is 1.47. The van der Waals surface area contributed by atoms with Crippen molar-refractivity contribution in [1.29, 1.82) is 0 Å². The van der Waals surface area contributed by atoms with Gasteiger partial charge in [0.2, 0.25) is 0 Å². The highest BCUT2D eigenvalue weighted by molar-refractivity contribution is 7.13. The zero-order valence-corrected chi connectivity index (χ0v) is 13.6. The minimum absolute atomic E-state index is 0.134. The highest BCUT2D eigenvalue weighted by Gasteiger charge is 2.13. The number of rotatable bonds is 5. The fourth-order valence-corrected chi connectivity index (χ4v) is 2.72. The van der Waals surface area contributed by atoms with Crippen LogP contribution in [0.1, 0.15) is 27.4 Å². The number of carbonyl (C=O) groups excluding carboxylic acids is 1. The van der Waals surface area contributed by atoms with E-state index in [0.29, 0.717) is 17.0 Å². The molecule has 0 aliphatic heterocycles. The van der Waals surface area contributed by atoms with Gasteiger partial charge in [0.25, 0.3) is 0 Å². The van der Waals surface area contributed by atoms with Crippen molar-refractivity contribution in [2.75, 3.05) is 5.32 Å². The van der Waals surface area contributed by atoms with E-state index in [0.717, 1.165) is 10.8 Å². The summed E-state index contributed by atoms with van der Waals surface area (Å²) in [6.45, 7) is 3.90. The Morgan fingerprint density at radius 3 is 2.74 bits per heavy atom. The monoisotopic (exact) mass is 328 g/mol. The third-order valence-corrected chi connectivity index (χ3v) is 4.09. The summed E-state index contributed by atoms with van der Waals surface area (Å²) < 4.78 is 10.3. The van der Waals surface area contributed by atoms with Gasteiger partial charge in [-0.25, -0.2) is 9.78 Å². The summed E-state index contributed by atoms with van der Waals surface area (Å²) >= 11 is 1.47. The predicted molar refractivity (Wildman–Crippen MR) is 89.1 cm³/mol. The first-order valence-corrected chi connectivity index (χ1v) is 7.99. The second kappa shape index (κ2) is 6.66. The lowest BCUT2D eigenvalue weighted by atomic mass is 10.2. The lowest BCUT2D eigenvalue weighted by Crippen LogP contribution is -2.05. The van der Waals surface area contributed by atoms with E-state index in [-0.39, 0.29) is 6.61 Å². The van der Waals surface area contributed by atoms with Crippen molar-refractivity contribution in [3.8, 4) is 0 Å². The van der Waals surface area contributed by atoms with Crippen LogP contribution in [0.2, 0.25) is 0 Å². The van der Waals surface area contributed by atoms with E-state index in [1.54, 1.807) is 13.0 Å². The molecule has 0 saturated carbocycles. The molecule has 3 rings (SSSR count). The first kappa shape index (κ1) is 15.3. The van der Waals surface area contributed by atoms with Crippen molar-refractivity contribution >= 4 is 28.1 Å². The van der Waals surface area contributed by atoms with E-state index >= 15 is 0 Å². The zero-order valence-electron chi connectivity index (χ0n) is 12.8. The van der Waals surface area contributed by atoms with Gasteiger partial charge in [0.05, 0.1) is 12.0 Å². The Bertz CT molecular complexity index is 805. The Labute approximate surface area is 137 Å². The molecule has 23 heavy (non-hydrogen) atoms. The Morgan fingerprint density at radius 2 is 2.04 bits per heavy atom. The molecule has 1 aromatic carbocycles. The molecule has 0 saturated heterocycles. The molecule has 0 amide bonds. The number of esters is 1. The number of ether oxygens (including phenoxy) is 1. The molecule has 0 unspecified atom stereocenters. The van der Waals surface area contributed by atoms with Gasteiger partial charge >= 0.3 is 5.97 Å². The molecule has 3 aromatic rings. The number of thiazole rings is 1. The van der Waals surface area contributed by atoms with Crippen LogP contribution >= 0.6 is 11.3 Å². The summed E-state index contributed by atoms with van der Waals surface area (Å²) in [5.74, 6) is 0.146. The Hall–Kier alpha value is -2.60. The molecule has 2 heterocycles. The maximum atomic E-state index is 11.9. The number of nitrogens with zero attached hydrogens (tertiary/aromatic N) is 1. The molecule has 0 spiro atoms. The first-order chi connectivity index (χ1) is 11.1. The van der Waals surface area contributed by atoms with Gasteiger partial charge in [0.15, 0.2) is 5.13 Å². The van der Waals surface area contributed by atoms with Crippen LogP contribution in [0, 0.1) is 13.8 Å². The number of hydrogen-bond donors (Lipinski definition) is 1. The zero-order chi connectivity index (χ0) is 16.2. The third kappa shape index (κ3) is 3.78. The summed E-state index contributed by atoms with van der Waals surface area (Å²) in [7, 11) is 0. The van der Waals surface area contributed by atoms with Crippen molar-refractivity contribution in [1.82, 2.24) is 4.98 Å². The van der Waals surface area contributed by atoms with Crippen LogP contribution in [0.4, 0.5) is 10.8 Å². The second-order valence-electron chi connectivity index (χ2n) is 5.10. The van der Waals surface area contributed by atoms with Crippen molar-refractivity contribution in [2.45, 2.75) is 20.5 Å². The lowest BCUT2D eigenvalue weighted by Gasteiger charge is -2.03. The Morgan fingerprint density at radius 1 is 1.26 bits per heavy atom. The van der Waals surface area contributed by atoms with E-state index in [1.807, 2.05) is 36.6 Å². The number of aromatic nitrogens is 1. The van der Waals surface area contributed by atoms with Gasteiger partial charge in [0.1, 0.15) is 17.9 Å². The molecule has 0 bridgehead atoms. The fourth-order valence-electron chi connectivity index (χ4n) is 2.01. The maximum absolute atomic E-state index is 11.9. The average molecular weight is 328 g/mol. The van der Waals surface area contributed by atoms with Crippen molar-refractivity contribution in [2.24, 2.45) is 0 Å². The van der Waals surface area contributed by atoms with Gasteiger partial charge in [-0.05, 0) is 32.0 Å². The topological polar surface area (TPSA) is 64.4 Å². The number of aryl methyl sites for hydroxylation is 2. The van der Waals surface area contributed by atoms with Gasteiger partial charge in [0, 0.05) is 11.1 Å².